The molecule has 0 saturated carbocycles. The van der Waals surface area contributed by atoms with Crippen molar-refractivity contribution >= 4 is 27.5 Å². The van der Waals surface area contributed by atoms with Gasteiger partial charge in [0.15, 0.2) is 5.82 Å². The molecule has 3 heterocycles. The van der Waals surface area contributed by atoms with Crippen LogP contribution in [0.25, 0.3) is 32.8 Å². The molecule has 2 aliphatic heterocycles. The van der Waals surface area contributed by atoms with E-state index in [1.165, 1.54) is 0 Å². The molecule has 8 heteroatoms. The Balaban J connectivity index is 1.29. The van der Waals surface area contributed by atoms with Crippen LogP contribution in [0.15, 0.2) is 54.6 Å². The van der Waals surface area contributed by atoms with Gasteiger partial charge in [0.2, 0.25) is 0 Å². The van der Waals surface area contributed by atoms with Crippen LogP contribution in [0.2, 0.25) is 0 Å². The van der Waals surface area contributed by atoms with Gasteiger partial charge in [-0.05, 0) is 61.2 Å². The van der Waals surface area contributed by atoms with Crippen molar-refractivity contribution in [2.45, 2.75) is 44.3 Å². The van der Waals surface area contributed by atoms with Crippen LogP contribution in [0.4, 0.5) is 14.6 Å². The highest BCUT2D eigenvalue weighted by atomic mass is 19.1. The zero-order chi connectivity index (χ0) is 26.6. The fourth-order valence-electron chi connectivity index (χ4n) is 5.48. The SMILES string of the molecule is Fc1c(-c2cccc3ccccc23)ccc2c(NCCCCC3CN3)nc(OCC(F)CN3CCCC3)nc12. The summed E-state index contributed by atoms with van der Waals surface area (Å²) in [5.74, 6) is 0.0747. The van der Waals surface area contributed by atoms with Gasteiger partial charge in [0, 0.05) is 36.6 Å². The van der Waals surface area contributed by atoms with Gasteiger partial charge in [0.25, 0.3) is 0 Å². The van der Waals surface area contributed by atoms with Gasteiger partial charge in [-0.25, -0.2) is 8.78 Å². The number of likely N-dealkylation sites (tertiary alicyclic amines) is 1. The van der Waals surface area contributed by atoms with Crippen molar-refractivity contribution in [3.8, 4) is 17.1 Å². The predicted molar refractivity (Wildman–Crippen MR) is 153 cm³/mol. The molecule has 2 atom stereocenters. The number of aromatic nitrogens is 2. The van der Waals surface area contributed by atoms with E-state index in [1.807, 2.05) is 48.5 Å². The third kappa shape index (κ3) is 6.12. The summed E-state index contributed by atoms with van der Waals surface area (Å²) in [6.07, 6.45) is 4.26. The van der Waals surface area contributed by atoms with Gasteiger partial charge in [-0.2, -0.15) is 9.97 Å². The summed E-state index contributed by atoms with van der Waals surface area (Å²) in [5.41, 5.74) is 1.43. The van der Waals surface area contributed by atoms with E-state index < -0.39 is 12.0 Å². The number of fused-ring (bicyclic) bond motifs is 2. The number of rotatable bonds is 12. The van der Waals surface area contributed by atoms with Crippen LogP contribution in [0.1, 0.15) is 32.1 Å². The van der Waals surface area contributed by atoms with Crippen LogP contribution in [0.3, 0.4) is 0 Å². The van der Waals surface area contributed by atoms with Crippen molar-refractivity contribution in [3.05, 3.63) is 60.4 Å². The first-order valence-electron chi connectivity index (χ1n) is 14.1. The van der Waals surface area contributed by atoms with E-state index in [9.17, 15) is 4.39 Å². The lowest BCUT2D eigenvalue weighted by molar-refractivity contribution is 0.144. The fraction of sp³-hybridized carbons (Fsp3) is 0.419. The number of halogens is 2. The molecular formula is C31H35F2N5O. The van der Waals surface area contributed by atoms with E-state index in [4.69, 9.17) is 4.74 Å². The number of nitrogens with zero attached hydrogens (tertiary/aromatic N) is 3. The maximum Gasteiger partial charge on any atom is 0.319 e. The molecule has 2 unspecified atom stereocenters. The molecule has 0 aliphatic carbocycles. The summed E-state index contributed by atoms with van der Waals surface area (Å²) >= 11 is 0. The summed E-state index contributed by atoms with van der Waals surface area (Å²) < 4.78 is 36.6. The maximum absolute atomic E-state index is 16.2. The van der Waals surface area contributed by atoms with Crippen LogP contribution in [-0.4, -0.2) is 66.4 Å². The Morgan fingerprint density at radius 3 is 2.64 bits per heavy atom. The monoisotopic (exact) mass is 531 g/mol. The van der Waals surface area contributed by atoms with Crippen molar-refractivity contribution in [1.29, 1.82) is 0 Å². The normalized spacial score (nSPS) is 18.1. The van der Waals surface area contributed by atoms with Crippen molar-refractivity contribution in [2.75, 3.05) is 44.6 Å². The van der Waals surface area contributed by atoms with Crippen molar-refractivity contribution < 1.29 is 13.5 Å². The van der Waals surface area contributed by atoms with Gasteiger partial charge >= 0.3 is 6.01 Å². The highest BCUT2D eigenvalue weighted by Crippen LogP contribution is 2.35. The second kappa shape index (κ2) is 11.8. The number of benzene rings is 3. The molecule has 1 aromatic heterocycles. The van der Waals surface area contributed by atoms with E-state index in [-0.39, 0.29) is 18.1 Å². The molecule has 4 aromatic rings. The average molecular weight is 532 g/mol. The first kappa shape index (κ1) is 25.9. The number of unbranched alkanes of at least 4 members (excludes halogenated alkanes) is 1. The number of alkyl halides is 1. The Labute approximate surface area is 227 Å². The first-order valence-corrected chi connectivity index (χ1v) is 14.1. The van der Waals surface area contributed by atoms with E-state index in [2.05, 4.69) is 25.5 Å². The van der Waals surface area contributed by atoms with E-state index >= 15 is 4.39 Å². The standard InChI is InChI=1S/C31H35F2N5O/c32-22(19-38-16-5-6-17-38)20-39-31-36-29-27(30(37-31)34-15-4-3-10-23-18-35-23)14-13-26(28(29)33)25-12-7-9-21-8-1-2-11-24(21)25/h1-2,7-9,11-14,22-23,35H,3-6,10,15-20H2,(H,34,36,37). The van der Waals surface area contributed by atoms with Crippen molar-refractivity contribution in [1.82, 2.24) is 20.2 Å². The summed E-state index contributed by atoms with van der Waals surface area (Å²) in [6, 6.07) is 18.1. The molecule has 2 fully saturated rings. The Kier molecular flexibility index (Phi) is 7.83. The van der Waals surface area contributed by atoms with Crippen molar-refractivity contribution in [2.24, 2.45) is 0 Å². The molecule has 0 bridgehead atoms. The average Bonchev–Trinajstić information content (AvgIpc) is 3.65. The first-order chi connectivity index (χ1) is 19.2. The molecule has 2 aliphatic rings. The fourth-order valence-corrected chi connectivity index (χ4v) is 5.48. The molecule has 204 valence electrons. The molecule has 2 N–H and O–H groups in total. The van der Waals surface area contributed by atoms with Crippen LogP contribution in [-0.2, 0) is 0 Å². The minimum atomic E-state index is -1.17. The summed E-state index contributed by atoms with van der Waals surface area (Å²) in [6.45, 7) is 3.80. The van der Waals surface area contributed by atoms with E-state index in [0.29, 0.717) is 35.9 Å². The highest BCUT2D eigenvalue weighted by molar-refractivity contribution is 6.00. The van der Waals surface area contributed by atoms with Crippen LogP contribution in [0, 0.1) is 5.82 Å². The second-order valence-electron chi connectivity index (χ2n) is 10.6. The predicted octanol–water partition coefficient (Wildman–Crippen LogP) is 5.96. The van der Waals surface area contributed by atoms with Gasteiger partial charge in [-0.1, -0.05) is 55.0 Å². The molecular weight excluding hydrogens is 496 g/mol. The van der Waals surface area contributed by atoms with E-state index in [0.717, 1.165) is 68.1 Å². The minimum Gasteiger partial charge on any atom is -0.460 e. The quantitative estimate of drug-likeness (QED) is 0.174. The molecule has 6 rings (SSSR count). The summed E-state index contributed by atoms with van der Waals surface area (Å²) in [4.78, 5) is 11.1. The molecule has 6 nitrogen and oxygen atoms in total. The number of hydrogen-bond donors (Lipinski definition) is 2. The third-order valence-electron chi connectivity index (χ3n) is 7.68. The van der Waals surface area contributed by atoms with E-state index in [1.54, 1.807) is 6.07 Å². The molecule has 39 heavy (non-hydrogen) atoms. The second-order valence-corrected chi connectivity index (χ2v) is 10.6. The molecule has 0 radical (unpaired) electrons. The zero-order valence-electron chi connectivity index (χ0n) is 22.1. The third-order valence-corrected chi connectivity index (χ3v) is 7.68. The lowest BCUT2D eigenvalue weighted by atomic mass is 9.97. The topological polar surface area (TPSA) is 72.2 Å². The Hall–Kier alpha value is -3.36. The molecule has 3 aromatic carbocycles. The minimum absolute atomic E-state index is 0.00905. The highest BCUT2D eigenvalue weighted by Gasteiger charge is 2.21. The van der Waals surface area contributed by atoms with Gasteiger partial charge in [0.05, 0.1) is 0 Å². The maximum atomic E-state index is 16.2. The largest absolute Gasteiger partial charge is 0.460 e. The van der Waals surface area contributed by atoms with Gasteiger partial charge < -0.3 is 20.3 Å². The summed E-state index contributed by atoms with van der Waals surface area (Å²) in [5, 5.41) is 9.28. The number of nitrogens with one attached hydrogen (secondary N) is 2. The lowest BCUT2D eigenvalue weighted by Gasteiger charge is -2.18. The number of hydrogen-bond acceptors (Lipinski definition) is 6. The number of ether oxygens (including phenoxy) is 1. The number of anilines is 1. The molecule has 0 spiro atoms. The van der Waals surface area contributed by atoms with Gasteiger partial charge in [0.1, 0.15) is 24.1 Å². The summed E-state index contributed by atoms with van der Waals surface area (Å²) in [7, 11) is 0. The van der Waals surface area contributed by atoms with Crippen LogP contribution < -0.4 is 15.4 Å². The van der Waals surface area contributed by atoms with Crippen LogP contribution in [0.5, 0.6) is 6.01 Å². The lowest BCUT2D eigenvalue weighted by Crippen LogP contribution is -2.31. The molecule has 0 amide bonds. The Bertz CT molecular complexity index is 1430. The van der Waals surface area contributed by atoms with Crippen molar-refractivity contribution in [3.63, 3.8) is 0 Å². The Morgan fingerprint density at radius 2 is 1.79 bits per heavy atom. The smallest absolute Gasteiger partial charge is 0.319 e. The molecule has 2 saturated heterocycles. The van der Waals surface area contributed by atoms with Gasteiger partial charge in [-0.15, -0.1) is 0 Å². The van der Waals surface area contributed by atoms with Crippen LogP contribution >= 0.6 is 0 Å². The van der Waals surface area contributed by atoms with Gasteiger partial charge in [-0.3, -0.25) is 0 Å². The Morgan fingerprint density at radius 1 is 0.974 bits per heavy atom. The zero-order valence-corrected chi connectivity index (χ0v) is 22.1.